The van der Waals surface area contributed by atoms with E-state index in [1.165, 1.54) is 12.8 Å². The van der Waals surface area contributed by atoms with Gasteiger partial charge >= 0.3 is 0 Å². The van der Waals surface area contributed by atoms with Gasteiger partial charge in [0.2, 0.25) is 5.91 Å². The summed E-state index contributed by atoms with van der Waals surface area (Å²) in [6.07, 6.45) is 5.31. The Hall–Kier alpha value is -0.640. The fraction of sp³-hybridized carbons (Fsp3) is 0.833. The highest BCUT2D eigenvalue weighted by Gasteiger charge is 2.49. The van der Waals surface area contributed by atoms with Gasteiger partial charge in [-0.2, -0.15) is 0 Å². The molecule has 0 aromatic carbocycles. The van der Waals surface area contributed by atoms with E-state index in [1.54, 1.807) is 0 Å². The van der Waals surface area contributed by atoms with Crippen LogP contribution in [0, 0.1) is 11.3 Å². The van der Waals surface area contributed by atoms with Crippen LogP contribution >= 0.6 is 12.2 Å². The van der Waals surface area contributed by atoms with Gasteiger partial charge in [0.05, 0.1) is 10.4 Å². The second kappa shape index (κ2) is 4.32. The number of nitrogens with two attached hydrogens (primary N) is 1. The summed E-state index contributed by atoms with van der Waals surface area (Å²) < 4.78 is 0. The Morgan fingerprint density at radius 2 is 2.12 bits per heavy atom. The maximum Gasteiger partial charge on any atom is 0.235 e. The molecule has 0 aromatic rings. The molecule has 90 valence electrons. The van der Waals surface area contributed by atoms with Crippen molar-refractivity contribution in [3.8, 4) is 0 Å². The van der Waals surface area contributed by atoms with Crippen molar-refractivity contribution in [3.05, 3.63) is 0 Å². The van der Waals surface area contributed by atoms with E-state index in [1.807, 2.05) is 11.8 Å². The summed E-state index contributed by atoms with van der Waals surface area (Å²) >= 11 is 5.08. The minimum absolute atomic E-state index is 0.181. The molecule has 0 unspecified atom stereocenters. The van der Waals surface area contributed by atoms with E-state index >= 15 is 0 Å². The molecule has 16 heavy (non-hydrogen) atoms. The first-order valence-electron chi connectivity index (χ1n) is 6.19. The van der Waals surface area contributed by atoms with Crippen LogP contribution in [0.1, 0.15) is 39.0 Å². The predicted octanol–water partition coefficient (Wildman–Crippen LogP) is 1.70. The van der Waals surface area contributed by atoms with E-state index in [9.17, 15) is 4.79 Å². The number of thiocarbonyl (C=S) groups is 1. The SMILES string of the molecule is CCN(CC1CC1)C(=O)C1(C(N)=S)CCC1. The second-order valence-electron chi connectivity index (χ2n) is 5.09. The molecule has 0 aliphatic heterocycles. The highest BCUT2D eigenvalue weighted by atomic mass is 32.1. The normalized spacial score (nSPS) is 22.3. The molecule has 0 spiro atoms. The van der Waals surface area contributed by atoms with Gasteiger partial charge in [-0.1, -0.05) is 18.6 Å². The smallest absolute Gasteiger partial charge is 0.235 e. The summed E-state index contributed by atoms with van der Waals surface area (Å²) in [4.78, 5) is 14.8. The van der Waals surface area contributed by atoms with E-state index in [2.05, 4.69) is 0 Å². The van der Waals surface area contributed by atoms with Gasteiger partial charge in [-0.15, -0.1) is 0 Å². The Bertz CT molecular complexity index is 308. The van der Waals surface area contributed by atoms with Crippen LogP contribution in [-0.2, 0) is 4.79 Å². The van der Waals surface area contributed by atoms with E-state index < -0.39 is 5.41 Å². The largest absolute Gasteiger partial charge is 0.392 e. The van der Waals surface area contributed by atoms with Crippen molar-refractivity contribution >= 4 is 23.1 Å². The molecule has 2 fully saturated rings. The van der Waals surface area contributed by atoms with Crippen LogP contribution in [0.15, 0.2) is 0 Å². The third kappa shape index (κ3) is 1.95. The van der Waals surface area contributed by atoms with Crippen LogP contribution < -0.4 is 5.73 Å². The third-order valence-electron chi connectivity index (χ3n) is 3.93. The molecule has 2 rings (SSSR count). The molecule has 2 N–H and O–H groups in total. The summed E-state index contributed by atoms with van der Waals surface area (Å²) in [5, 5.41) is 0. The lowest BCUT2D eigenvalue weighted by atomic mass is 9.67. The Balaban J connectivity index is 2.05. The molecule has 1 amide bonds. The summed E-state index contributed by atoms with van der Waals surface area (Å²) in [7, 11) is 0. The van der Waals surface area contributed by atoms with Crippen molar-refractivity contribution in [3.63, 3.8) is 0 Å². The number of carbonyl (C=O) groups excluding carboxylic acids is 1. The average molecular weight is 240 g/mol. The Morgan fingerprint density at radius 3 is 2.44 bits per heavy atom. The van der Waals surface area contributed by atoms with Gasteiger partial charge in [-0.05, 0) is 38.5 Å². The summed E-state index contributed by atoms with van der Waals surface area (Å²) in [6.45, 7) is 3.71. The number of amides is 1. The van der Waals surface area contributed by atoms with E-state index in [-0.39, 0.29) is 5.91 Å². The number of rotatable bonds is 5. The fourth-order valence-electron chi connectivity index (χ4n) is 2.37. The zero-order valence-corrected chi connectivity index (χ0v) is 10.7. The molecular weight excluding hydrogens is 220 g/mol. The predicted molar refractivity (Wildman–Crippen MR) is 68.0 cm³/mol. The summed E-state index contributed by atoms with van der Waals surface area (Å²) in [5.74, 6) is 0.910. The second-order valence-corrected chi connectivity index (χ2v) is 5.53. The highest BCUT2D eigenvalue weighted by Crippen LogP contribution is 2.43. The van der Waals surface area contributed by atoms with Gasteiger partial charge in [-0.3, -0.25) is 4.79 Å². The minimum Gasteiger partial charge on any atom is -0.392 e. The number of nitrogens with zero attached hydrogens (tertiary/aromatic N) is 1. The third-order valence-corrected chi connectivity index (χ3v) is 4.32. The lowest BCUT2D eigenvalue weighted by molar-refractivity contribution is -0.142. The minimum atomic E-state index is -0.486. The van der Waals surface area contributed by atoms with Crippen LogP contribution in [0.4, 0.5) is 0 Å². The molecule has 2 aliphatic carbocycles. The van der Waals surface area contributed by atoms with Gasteiger partial charge in [0.1, 0.15) is 0 Å². The first-order chi connectivity index (χ1) is 7.60. The van der Waals surface area contributed by atoms with Gasteiger partial charge in [-0.25, -0.2) is 0 Å². The molecule has 2 saturated carbocycles. The molecule has 0 saturated heterocycles. The maximum absolute atomic E-state index is 12.4. The Morgan fingerprint density at radius 1 is 1.50 bits per heavy atom. The average Bonchev–Trinajstić information content (AvgIpc) is 2.94. The van der Waals surface area contributed by atoms with Gasteiger partial charge in [0, 0.05) is 13.1 Å². The van der Waals surface area contributed by atoms with Crippen molar-refractivity contribution in [2.24, 2.45) is 17.1 Å². The molecule has 0 bridgehead atoms. The van der Waals surface area contributed by atoms with E-state index in [0.29, 0.717) is 4.99 Å². The number of hydrogen-bond donors (Lipinski definition) is 1. The standard InChI is InChI=1S/C12H20N2OS/c1-2-14(8-9-4-5-9)11(15)12(10(13)16)6-3-7-12/h9H,2-8H2,1H3,(H2,13,16). The quantitative estimate of drug-likeness (QED) is 0.744. The van der Waals surface area contributed by atoms with Gasteiger partial charge in [0.15, 0.2) is 0 Å². The van der Waals surface area contributed by atoms with E-state index in [0.717, 1.165) is 38.3 Å². The summed E-state index contributed by atoms with van der Waals surface area (Å²) in [5.41, 5.74) is 5.27. The molecule has 0 radical (unpaired) electrons. The van der Waals surface area contributed by atoms with Crippen molar-refractivity contribution in [2.75, 3.05) is 13.1 Å². The van der Waals surface area contributed by atoms with Crippen molar-refractivity contribution in [1.29, 1.82) is 0 Å². The van der Waals surface area contributed by atoms with Crippen LogP contribution in [0.5, 0.6) is 0 Å². The number of hydrogen-bond acceptors (Lipinski definition) is 2. The zero-order valence-electron chi connectivity index (χ0n) is 9.87. The van der Waals surface area contributed by atoms with Crippen molar-refractivity contribution < 1.29 is 4.79 Å². The van der Waals surface area contributed by atoms with Gasteiger partial charge in [0.25, 0.3) is 0 Å². The van der Waals surface area contributed by atoms with Crippen LogP contribution in [-0.4, -0.2) is 28.9 Å². The van der Waals surface area contributed by atoms with Gasteiger partial charge < -0.3 is 10.6 Å². The molecule has 0 aromatic heterocycles. The number of carbonyl (C=O) groups is 1. The lowest BCUT2D eigenvalue weighted by Gasteiger charge is -2.42. The van der Waals surface area contributed by atoms with Crippen LogP contribution in [0.25, 0.3) is 0 Å². The summed E-state index contributed by atoms with van der Waals surface area (Å²) in [6, 6.07) is 0. The fourth-order valence-corrected chi connectivity index (χ4v) is 2.66. The molecule has 2 aliphatic rings. The van der Waals surface area contributed by atoms with Crippen LogP contribution in [0.2, 0.25) is 0 Å². The molecule has 0 atom stereocenters. The molecule has 4 heteroatoms. The topological polar surface area (TPSA) is 46.3 Å². The van der Waals surface area contributed by atoms with E-state index in [4.69, 9.17) is 18.0 Å². The van der Waals surface area contributed by atoms with Crippen LogP contribution in [0.3, 0.4) is 0 Å². The van der Waals surface area contributed by atoms with Crippen molar-refractivity contribution in [1.82, 2.24) is 4.90 Å². The first kappa shape index (κ1) is 11.8. The Labute approximate surface area is 102 Å². The first-order valence-corrected chi connectivity index (χ1v) is 6.60. The molecule has 3 nitrogen and oxygen atoms in total. The lowest BCUT2D eigenvalue weighted by Crippen LogP contribution is -2.54. The van der Waals surface area contributed by atoms with Crippen molar-refractivity contribution in [2.45, 2.75) is 39.0 Å². The molecule has 0 heterocycles. The highest BCUT2D eigenvalue weighted by molar-refractivity contribution is 7.80. The molecular formula is C12H20N2OS. The zero-order chi connectivity index (χ0) is 11.8. The maximum atomic E-state index is 12.4. The Kier molecular flexibility index (Phi) is 3.19. The monoisotopic (exact) mass is 240 g/mol.